The van der Waals surface area contributed by atoms with E-state index in [1.807, 2.05) is 23.1 Å². The molecule has 2 aromatic carbocycles. The maximum atomic E-state index is 13.3. The van der Waals surface area contributed by atoms with E-state index in [0.717, 1.165) is 25.8 Å². The zero-order chi connectivity index (χ0) is 14.7. The van der Waals surface area contributed by atoms with Crippen LogP contribution in [0.5, 0.6) is 0 Å². The van der Waals surface area contributed by atoms with Gasteiger partial charge in [-0.2, -0.15) is 0 Å². The first-order chi connectivity index (χ1) is 10.2. The molecule has 0 radical (unpaired) electrons. The highest BCUT2D eigenvalue weighted by molar-refractivity contribution is 5.94. The van der Waals surface area contributed by atoms with Crippen molar-refractivity contribution in [1.82, 2.24) is 4.90 Å². The predicted molar refractivity (Wildman–Crippen MR) is 80.6 cm³/mol. The molecule has 21 heavy (non-hydrogen) atoms. The number of nitrogens with zero attached hydrogens (tertiary/aromatic N) is 1. The van der Waals surface area contributed by atoms with Gasteiger partial charge in [-0.15, -0.1) is 0 Å². The van der Waals surface area contributed by atoms with E-state index < -0.39 is 0 Å². The van der Waals surface area contributed by atoms with Gasteiger partial charge in [-0.05, 0) is 43.0 Å². The molecule has 0 saturated carbocycles. The van der Waals surface area contributed by atoms with Crippen molar-refractivity contribution >= 4 is 5.91 Å². The largest absolute Gasteiger partial charge is 0.335 e. The molecule has 0 N–H and O–H groups in total. The highest BCUT2D eigenvalue weighted by Crippen LogP contribution is 2.23. The molecule has 1 saturated heterocycles. The van der Waals surface area contributed by atoms with Gasteiger partial charge in [0.2, 0.25) is 0 Å². The average molecular weight is 283 g/mol. The van der Waals surface area contributed by atoms with E-state index in [4.69, 9.17) is 0 Å². The smallest absolute Gasteiger partial charge is 0.254 e. The van der Waals surface area contributed by atoms with Crippen molar-refractivity contribution in [2.75, 3.05) is 6.54 Å². The van der Waals surface area contributed by atoms with Gasteiger partial charge in [-0.25, -0.2) is 4.39 Å². The van der Waals surface area contributed by atoms with E-state index in [0.29, 0.717) is 5.56 Å². The molecule has 1 amide bonds. The van der Waals surface area contributed by atoms with Crippen molar-refractivity contribution < 1.29 is 9.18 Å². The van der Waals surface area contributed by atoms with Gasteiger partial charge in [0.1, 0.15) is 5.82 Å². The van der Waals surface area contributed by atoms with E-state index in [1.165, 1.54) is 17.7 Å². The van der Waals surface area contributed by atoms with Crippen LogP contribution in [-0.2, 0) is 6.42 Å². The Hall–Kier alpha value is -2.16. The fraction of sp³-hybridized carbons (Fsp3) is 0.278. The Morgan fingerprint density at radius 3 is 2.71 bits per heavy atom. The Morgan fingerprint density at radius 1 is 1.14 bits per heavy atom. The first kappa shape index (κ1) is 13.8. The van der Waals surface area contributed by atoms with Crippen molar-refractivity contribution in [1.29, 1.82) is 0 Å². The van der Waals surface area contributed by atoms with E-state index in [2.05, 4.69) is 12.1 Å². The van der Waals surface area contributed by atoms with Gasteiger partial charge in [-0.3, -0.25) is 4.79 Å². The average Bonchev–Trinajstić information content (AvgIpc) is 2.95. The van der Waals surface area contributed by atoms with Gasteiger partial charge < -0.3 is 4.90 Å². The van der Waals surface area contributed by atoms with E-state index in [-0.39, 0.29) is 17.8 Å². The number of hydrogen-bond acceptors (Lipinski definition) is 1. The van der Waals surface area contributed by atoms with Crippen LogP contribution < -0.4 is 0 Å². The molecule has 0 spiro atoms. The molecule has 1 fully saturated rings. The molecular formula is C18H18FNO. The summed E-state index contributed by atoms with van der Waals surface area (Å²) < 4.78 is 13.3. The third-order valence-electron chi connectivity index (χ3n) is 4.02. The van der Waals surface area contributed by atoms with Crippen LogP contribution in [0.4, 0.5) is 4.39 Å². The lowest BCUT2D eigenvalue weighted by atomic mass is 10.0. The second-order valence-electron chi connectivity index (χ2n) is 5.49. The number of amides is 1. The van der Waals surface area contributed by atoms with Gasteiger partial charge in [0.25, 0.3) is 5.91 Å². The lowest BCUT2D eigenvalue weighted by Crippen LogP contribution is -2.36. The molecule has 0 aromatic heterocycles. The Kier molecular flexibility index (Phi) is 4.00. The molecule has 2 nitrogen and oxygen atoms in total. The number of hydrogen-bond donors (Lipinski definition) is 0. The molecule has 3 rings (SSSR count). The predicted octanol–water partition coefficient (Wildman–Crippen LogP) is 3.67. The van der Waals surface area contributed by atoms with E-state index in [9.17, 15) is 9.18 Å². The fourth-order valence-electron chi connectivity index (χ4n) is 2.99. The number of carbonyl (C=O) groups excluding carboxylic acids is 1. The maximum Gasteiger partial charge on any atom is 0.254 e. The van der Waals surface area contributed by atoms with Crippen molar-refractivity contribution in [3.05, 3.63) is 71.5 Å². The van der Waals surface area contributed by atoms with E-state index >= 15 is 0 Å². The molecule has 1 atom stereocenters. The molecule has 108 valence electrons. The second kappa shape index (κ2) is 6.08. The van der Waals surface area contributed by atoms with Crippen LogP contribution in [0.1, 0.15) is 28.8 Å². The van der Waals surface area contributed by atoms with Gasteiger partial charge in [0.05, 0.1) is 0 Å². The lowest BCUT2D eigenvalue weighted by molar-refractivity contribution is 0.0736. The van der Waals surface area contributed by atoms with Crippen molar-refractivity contribution in [3.8, 4) is 0 Å². The van der Waals surface area contributed by atoms with Crippen LogP contribution in [-0.4, -0.2) is 23.4 Å². The summed E-state index contributed by atoms with van der Waals surface area (Å²) in [6, 6.07) is 16.4. The zero-order valence-corrected chi connectivity index (χ0v) is 11.8. The fourth-order valence-corrected chi connectivity index (χ4v) is 2.99. The number of carbonyl (C=O) groups is 1. The monoisotopic (exact) mass is 283 g/mol. The van der Waals surface area contributed by atoms with Crippen LogP contribution in [0.2, 0.25) is 0 Å². The van der Waals surface area contributed by atoms with Crippen LogP contribution in [0.25, 0.3) is 0 Å². The van der Waals surface area contributed by atoms with Crippen molar-refractivity contribution in [2.45, 2.75) is 25.3 Å². The Morgan fingerprint density at radius 2 is 1.95 bits per heavy atom. The molecule has 0 bridgehead atoms. The Balaban J connectivity index is 1.76. The molecule has 1 heterocycles. The quantitative estimate of drug-likeness (QED) is 0.841. The first-order valence-corrected chi connectivity index (χ1v) is 7.34. The van der Waals surface area contributed by atoms with Crippen molar-refractivity contribution in [3.63, 3.8) is 0 Å². The third kappa shape index (κ3) is 3.13. The minimum Gasteiger partial charge on any atom is -0.335 e. The summed E-state index contributed by atoms with van der Waals surface area (Å²) in [5.41, 5.74) is 1.68. The normalized spacial score (nSPS) is 18.0. The number of likely N-dealkylation sites (tertiary alicyclic amines) is 1. The van der Waals surface area contributed by atoms with Gasteiger partial charge >= 0.3 is 0 Å². The summed E-state index contributed by atoms with van der Waals surface area (Å²) >= 11 is 0. The van der Waals surface area contributed by atoms with E-state index in [1.54, 1.807) is 12.1 Å². The molecule has 3 heteroatoms. The van der Waals surface area contributed by atoms with Gasteiger partial charge in [-0.1, -0.05) is 36.4 Å². The van der Waals surface area contributed by atoms with Gasteiger partial charge in [0, 0.05) is 18.2 Å². The van der Waals surface area contributed by atoms with Crippen LogP contribution in [0, 0.1) is 5.82 Å². The summed E-state index contributed by atoms with van der Waals surface area (Å²) in [7, 11) is 0. The molecule has 2 aromatic rings. The minimum absolute atomic E-state index is 0.0621. The lowest BCUT2D eigenvalue weighted by Gasteiger charge is -2.25. The zero-order valence-electron chi connectivity index (χ0n) is 11.8. The topological polar surface area (TPSA) is 20.3 Å². The first-order valence-electron chi connectivity index (χ1n) is 7.34. The third-order valence-corrected chi connectivity index (χ3v) is 4.02. The summed E-state index contributed by atoms with van der Waals surface area (Å²) in [5.74, 6) is -0.424. The van der Waals surface area contributed by atoms with Crippen LogP contribution >= 0.6 is 0 Å². The molecular weight excluding hydrogens is 265 g/mol. The summed E-state index contributed by atoms with van der Waals surface area (Å²) in [6.07, 6.45) is 2.89. The highest BCUT2D eigenvalue weighted by atomic mass is 19.1. The Bertz CT molecular complexity index is 626. The molecule has 0 aliphatic carbocycles. The number of rotatable bonds is 3. The molecule has 1 unspecified atom stereocenters. The summed E-state index contributed by atoms with van der Waals surface area (Å²) in [5, 5.41) is 0. The minimum atomic E-state index is -0.361. The Labute approximate surface area is 124 Å². The summed E-state index contributed by atoms with van der Waals surface area (Å²) in [6.45, 7) is 0.757. The van der Waals surface area contributed by atoms with Crippen LogP contribution in [0.3, 0.4) is 0 Å². The number of benzene rings is 2. The highest BCUT2D eigenvalue weighted by Gasteiger charge is 2.29. The summed E-state index contributed by atoms with van der Waals surface area (Å²) in [4.78, 5) is 14.4. The number of halogens is 1. The SMILES string of the molecule is O=C(c1cccc(F)c1)N1CCCC1Cc1ccccc1. The maximum absolute atomic E-state index is 13.3. The van der Waals surface area contributed by atoms with Crippen molar-refractivity contribution in [2.24, 2.45) is 0 Å². The molecule has 1 aliphatic rings. The standard InChI is InChI=1S/C18H18FNO/c19-16-9-4-8-15(13-16)18(21)20-11-5-10-17(20)12-14-6-2-1-3-7-14/h1-4,6-9,13,17H,5,10-12H2. The second-order valence-corrected chi connectivity index (χ2v) is 5.49. The molecule has 1 aliphatic heterocycles. The van der Waals surface area contributed by atoms with Gasteiger partial charge in [0.15, 0.2) is 0 Å². The van der Waals surface area contributed by atoms with Crippen LogP contribution in [0.15, 0.2) is 54.6 Å².